The lowest BCUT2D eigenvalue weighted by molar-refractivity contribution is 0.239. The molecule has 0 aliphatic carbocycles. The monoisotopic (exact) mass is 310 g/mol. The highest BCUT2D eigenvalue weighted by Gasteiger charge is 2.09. The number of thioether (sulfide) groups is 1. The quantitative estimate of drug-likeness (QED) is 0.519. The van der Waals surface area contributed by atoms with Crippen LogP contribution in [0.25, 0.3) is 0 Å². The van der Waals surface area contributed by atoms with Gasteiger partial charge in [0.05, 0.1) is 11.8 Å². The van der Waals surface area contributed by atoms with E-state index in [0.29, 0.717) is 21.9 Å². The molecule has 0 saturated heterocycles. The van der Waals surface area contributed by atoms with Gasteiger partial charge < -0.3 is 10.5 Å². The highest BCUT2D eigenvalue weighted by molar-refractivity contribution is 7.98. The third kappa shape index (κ3) is 4.25. The minimum absolute atomic E-state index is 0.0982. The molecule has 0 atom stereocenters. The van der Waals surface area contributed by atoms with Gasteiger partial charge in [0.1, 0.15) is 16.7 Å². The zero-order chi connectivity index (χ0) is 14.5. The van der Waals surface area contributed by atoms with Crippen molar-refractivity contribution in [3.05, 3.63) is 35.2 Å². The number of hydrogen-bond donors (Lipinski definition) is 1. The van der Waals surface area contributed by atoms with E-state index in [1.807, 2.05) is 26.0 Å². The molecule has 7 heteroatoms. The van der Waals surface area contributed by atoms with Crippen LogP contribution in [0, 0.1) is 0 Å². The van der Waals surface area contributed by atoms with Gasteiger partial charge in [-0.3, -0.25) is 4.98 Å². The average Bonchev–Trinajstić information content (AvgIpc) is 2.36. The lowest BCUT2D eigenvalue weighted by atomic mass is 10.3. The number of halogens is 1. The Morgan fingerprint density at radius 2 is 2.20 bits per heavy atom. The summed E-state index contributed by atoms with van der Waals surface area (Å²) >= 11 is 7.26. The molecule has 106 valence electrons. The van der Waals surface area contributed by atoms with Crippen LogP contribution >= 0.6 is 23.4 Å². The van der Waals surface area contributed by atoms with Crippen molar-refractivity contribution in [1.29, 1.82) is 0 Å². The predicted molar refractivity (Wildman–Crippen MR) is 81.0 cm³/mol. The van der Waals surface area contributed by atoms with E-state index >= 15 is 0 Å². The maximum Gasteiger partial charge on any atom is 0.191 e. The van der Waals surface area contributed by atoms with E-state index in [2.05, 4.69) is 15.0 Å². The molecule has 0 amide bonds. The van der Waals surface area contributed by atoms with Gasteiger partial charge in [0, 0.05) is 18.0 Å². The Balaban J connectivity index is 2.10. The van der Waals surface area contributed by atoms with Gasteiger partial charge in [-0.15, -0.1) is 0 Å². The molecule has 0 aromatic carbocycles. The van der Waals surface area contributed by atoms with Crippen LogP contribution in [0.2, 0.25) is 5.15 Å². The zero-order valence-corrected chi connectivity index (χ0v) is 12.8. The number of nitrogens with zero attached hydrogens (tertiary/aromatic N) is 3. The molecule has 0 radical (unpaired) electrons. The van der Waals surface area contributed by atoms with Crippen molar-refractivity contribution in [2.24, 2.45) is 0 Å². The second-order valence-electron chi connectivity index (χ2n) is 4.30. The fourth-order valence-electron chi connectivity index (χ4n) is 1.50. The standard InChI is InChI=1S/C13H15ClN4OS/c1-8(2)19-10-4-3-5-16-9(10)7-20-13-17-11(14)6-12(15)18-13/h3-6,8H,7H2,1-2H3,(H2,15,17,18). The molecule has 2 aromatic rings. The fourth-order valence-corrected chi connectivity index (χ4v) is 2.56. The van der Waals surface area contributed by atoms with Crippen molar-refractivity contribution in [3.63, 3.8) is 0 Å². The number of aromatic nitrogens is 3. The van der Waals surface area contributed by atoms with E-state index < -0.39 is 0 Å². The number of rotatable bonds is 5. The maximum absolute atomic E-state index is 5.85. The Labute approximate surface area is 126 Å². The highest BCUT2D eigenvalue weighted by Crippen LogP contribution is 2.26. The number of anilines is 1. The number of hydrogen-bond acceptors (Lipinski definition) is 6. The van der Waals surface area contributed by atoms with Crippen LogP contribution in [0.4, 0.5) is 5.82 Å². The molecule has 0 fully saturated rings. The Hall–Kier alpha value is -1.53. The Morgan fingerprint density at radius 1 is 1.40 bits per heavy atom. The summed E-state index contributed by atoms with van der Waals surface area (Å²) < 4.78 is 5.71. The van der Waals surface area contributed by atoms with E-state index in [1.165, 1.54) is 17.8 Å². The second-order valence-corrected chi connectivity index (χ2v) is 5.63. The van der Waals surface area contributed by atoms with Crippen molar-refractivity contribution in [2.45, 2.75) is 30.9 Å². The average molecular weight is 311 g/mol. The maximum atomic E-state index is 5.85. The topological polar surface area (TPSA) is 73.9 Å². The van der Waals surface area contributed by atoms with Crippen LogP contribution < -0.4 is 10.5 Å². The first kappa shape index (κ1) is 14.9. The van der Waals surface area contributed by atoms with Gasteiger partial charge >= 0.3 is 0 Å². The Morgan fingerprint density at radius 3 is 2.90 bits per heavy atom. The summed E-state index contributed by atoms with van der Waals surface area (Å²) in [7, 11) is 0. The van der Waals surface area contributed by atoms with Gasteiger partial charge in [-0.25, -0.2) is 9.97 Å². The minimum Gasteiger partial charge on any atom is -0.489 e. The van der Waals surface area contributed by atoms with Crippen LogP contribution in [0.5, 0.6) is 5.75 Å². The van der Waals surface area contributed by atoms with Crippen molar-refractivity contribution < 1.29 is 4.74 Å². The van der Waals surface area contributed by atoms with Gasteiger partial charge in [0.2, 0.25) is 0 Å². The number of nitrogens with two attached hydrogens (primary N) is 1. The first-order chi connectivity index (χ1) is 9.54. The molecule has 2 aromatic heterocycles. The van der Waals surface area contributed by atoms with Crippen molar-refractivity contribution in [1.82, 2.24) is 15.0 Å². The normalized spacial score (nSPS) is 10.8. The van der Waals surface area contributed by atoms with Gasteiger partial charge in [-0.2, -0.15) is 0 Å². The van der Waals surface area contributed by atoms with Crippen LogP contribution in [0.3, 0.4) is 0 Å². The first-order valence-corrected chi connectivity index (χ1v) is 7.44. The Bertz CT molecular complexity index is 574. The van der Waals surface area contributed by atoms with E-state index in [-0.39, 0.29) is 6.10 Å². The number of ether oxygens (including phenoxy) is 1. The molecular weight excluding hydrogens is 296 g/mol. The second kappa shape index (κ2) is 6.76. The molecule has 2 heterocycles. The van der Waals surface area contributed by atoms with Crippen molar-refractivity contribution in [3.8, 4) is 5.75 Å². The summed E-state index contributed by atoms with van der Waals surface area (Å²) in [6.45, 7) is 3.95. The molecule has 2 N–H and O–H groups in total. The van der Waals surface area contributed by atoms with Gasteiger partial charge in [-0.1, -0.05) is 23.4 Å². The lowest BCUT2D eigenvalue weighted by Crippen LogP contribution is -2.08. The smallest absolute Gasteiger partial charge is 0.191 e. The van der Waals surface area contributed by atoms with Crippen LogP contribution in [0.1, 0.15) is 19.5 Å². The third-order valence-corrected chi connectivity index (χ3v) is 3.30. The molecular formula is C13H15ClN4OS. The zero-order valence-electron chi connectivity index (χ0n) is 11.2. The van der Waals surface area contributed by atoms with Crippen LogP contribution in [0.15, 0.2) is 29.6 Å². The molecule has 2 rings (SSSR count). The van der Waals surface area contributed by atoms with Gasteiger partial charge in [-0.05, 0) is 26.0 Å². The number of nitrogen functional groups attached to an aromatic ring is 1. The summed E-state index contributed by atoms with van der Waals surface area (Å²) in [5.41, 5.74) is 6.48. The first-order valence-electron chi connectivity index (χ1n) is 6.08. The van der Waals surface area contributed by atoms with E-state index in [0.717, 1.165) is 11.4 Å². The highest BCUT2D eigenvalue weighted by atomic mass is 35.5. The summed E-state index contributed by atoms with van der Waals surface area (Å²) in [5, 5.41) is 0.857. The lowest BCUT2D eigenvalue weighted by Gasteiger charge is -2.12. The van der Waals surface area contributed by atoms with E-state index in [9.17, 15) is 0 Å². The van der Waals surface area contributed by atoms with Crippen LogP contribution in [-0.2, 0) is 5.75 Å². The van der Waals surface area contributed by atoms with Crippen molar-refractivity contribution in [2.75, 3.05) is 5.73 Å². The molecule has 20 heavy (non-hydrogen) atoms. The SMILES string of the molecule is CC(C)Oc1cccnc1CSc1nc(N)cc(Cl)n1. The molecule has 0 saturated carbocycles. The molecule has 0 aliphatic heterocycles. The predicted octanol–water partition coefficient (Wildman–Crippen LogP) is 3.19. The largest absolute Gasteiger partial charge is 0.489 e. The summed E-state index contributed by atoms with van der Waals surface area (Å²) in [4.78, 5) is 12.6. The van der Waals surface area contributed by atoms with E-state index in [1.54, 1.807) is 6.20 Å². The minimum atomic E-state index is 0.0982. The van der Waals surface area contributed by atoms with Gasteiger partial charge in [0.25, 0.3) is 0 Å². The Kier molecular flexibility index (Phi) is 5.03. The molecule has 0 aliphatic rings. The van der Waals surface area contributed by atoms with E-state index in [4.69, 9.17) is 22.1 Å². The summed E-state index contributed by atoms with van der Waals surface area (Å²) in [5.74, 6) is 1.71. The number of pyridine rings is 1. The fraction of sp³-hybridized carbons (Fsp3) is 0.308. The molecule has 5 nitrogen and oxygen atoms in total. The third-order valence-electron chi connectivity index (χ3n) is 2.24. The van der Waals surface area contributed by atoms with Crippen LogP contribution in [-0.4, -0.2) is 21.1 Å². The molecule has 0 unspecified atom stereocenters. The molecule has 0 spiro atoms. The van der Waals surface area contributed by atoms with Crippen molar-refractivity contribution >= 4 is 29.2 Å². The summed E-state index contributed by atoms with van der Waals surface area (Å²) in [6, 6.07) is 5.26. The molecule has 0 bridgehead atoms. The summed E-state index contributed by atoms with van der Waals surface area (Å²) in [6.07, 6.45) is 1.83. The van der Waals surface area contributed by atoms with Gasteiger partial charge in [0.15, 0.2) is 5.16 Å².